The summed E-state index contributed by atoms with van der Waals surface area (Å²) in [5, 5.41) is 0.451. The highest BCUT2D eigenvalue weighted by atomic mass is 35.5. The van der Waals surface area contributed by atoms with Crippen molar-refractivity contribution in [2.24, 2.45) is 0 Å². The van der Waals surface area contributed by atoms with Crippen molar-refractivity contribution < 1.29 is 13.2 Å². The molecule has 1 amide bonds. The maximum absolute atomic E-state index is 12.3. The summed E-state index contributed by atoms with van der Waals surface area (Å²) >= 11 is 5.75. The van der Waals surface area contributed by atoms with Crippen LogP contribution in [0.2, 0.25) is 5.02 Å². The minimum absolute atomic E-state index is 0.0963. The molecule has 4 nitrogen and oxygen atoms in total. The lowest BCUT2D eigenvalue weighted by Gasteiger charge is -2.17. The summed E-state index contributed by atoms with van der Waals surface area (Å²) in [5.74, 6) is -1.00. The van der Waals surface area contributed by atoms with Crippen LogP contribution in [-0.4, -0.2) is 32.0 Å². The zero-order valence-electron chi connectivity index (χ0n) is 13.0. The molecule has 0 unspecified atom stereocenters. The fraction of sp³-hybridized carbons (Fsp3) is 0.235. The molecule has 0 radical (unpaired) electrons. The van der Waals surface area contributed by atoms with Gasteiger partial charge in [0.15, 0.2) is 9.84 Å². The first kappa shape index (κ1) is 17.5. The van der Waals surface area contributed by atoms with Gasteiger partial charge in [-0.1, -0.05) is 41.4 Å². The van der Waals surface area contributed by atoms with Crippen LogP contribution in [0.15, 0.2) is 53.4 Å². The zero-order chi connectivity index (χ0) is 17.0. The highest BCUT2D eigenvalue weighted by molar-refractivity contribution is 7.92. The van der Waals surface area contributed by atoms with Gasteiger partial charge < -0.3 is 4.90 Å². The lowest BCUT2D eigenvalue weighted by atomic mass is 10.1. The first-order valence-electron chi connectivity index (χ1n) is 7.06. The molecule has 0 aliphatic heterocycles. The molecule has 2 rings (SSSR count). The number of carbonyl (C=O) groups excluding carboxylic acids is 1. The summed E-state index contributed by atoms with van der Waals surface area (Å²) < 4.78 is 24.5. The second kappa shape index (κ2) is 7.15. The molecule has 0 saturated carbocycles. The summed E-state index contributed by atoms with van der Waals surface area (Å²) in [4.78, 5) is 13.7. The summed E-state index contributed by atoms with van der Waals surface area (Å²) in [5.41, 5.74) is 2.09. The van der Waals surface area contributed by atoms with Crippen molar-refractivity contribution in [3.8, 4) is 0 Å². The van der Waals surface area contributed by atoms with Gasteiger partial charge >= 0.3 is 0 Å². The van der Waals surface area contributed by atoms with Gasteiger partial charge in [0.05, 0.1) is 4.90 Å². The van der Waals surface area contributed by atoms with Gasteiger partial charge in [-0.3, -0.25) is 4.79 Å². The number of hydrogen-bond acceptors (Lipinski definition) is 3. The number of rotatable bonds is 5. The van der Waals surface area contributed by atoms with Crippen molar-refractivity contribution in [1.29, 1.82) is 0 Å². The first-order valence-corrected chi connectivity index (χ1v) is 9.09. The second-order valence-electron chi connectivity index (χ2n) is 5.45. The SMILES string of the molecule is Cc1ccc(CN(C)C(=O)CS(=O)(=O)c2ccc(Cl)cc2)cc1. The van der Waals surface area contributed by atoms with E-state index in [4.69, 9.17) is 11.6 Å². The topological polar surface area (TPSA) is 54.5 Å². The number of nitrogens with zero attached hydrogens (tertiary/aromatic N) is 1. The van der Waals surface area contributed by atoms with Gasteiger partial charge in [-0.15, -0.1) is 0 Å². The van der Waals surface area contributed by atoms with Gasteiger partial charge in [0.2, 0.25) is 5.91 Å². The second-order valence-corrected chi connectivity index (χ2v) is 7.87. The van der Waals surface area contributed by atoms with Crippen molar-refractivity contribution in [2.75, 3.05) is 12.8 Å². The number of amides is 1. The predicted octanol–water partition coefficient (Wildman–Crippen LogP) is 3.08. The van der Waals surface area contributed by atoms with Crippen molar-refractivity contribution in [2.45, 2.75) is 18.4 Å². The van der Waals surface area contributed by atoms with E-state index in [1.54, 1.807) is 7.05 Å². The highest BCUT2D eigenvalue weighted by Crippen LogP contribution is 2.16. The molecule has 0 N–H and O–H groups in total. The smallest absolute Gasteiger partial charge is 0.238 e. The van der Waals surface area contributed by atoms with Crippen molar-refractivity contribution in [3.05, 3.63) is 64.7 Å². The third-order valence-electron chi connectivity index (χ3n) is 3.45. The molecule has 122 valence electrons. The number of carbonyl (C=O) groups is 1. The van der Waals surface area contributed by atoms with Crippen LogP contribution in [0.5, 0.6) is 0 Å². The number of halogens is 1. The van der Waals surface area contributed by atoms with Gasteiger partial charge in [0.1, 0.15) is 5.75 Å². The van der Waals surface area contributed by atoms with Gasteiger partial charge in [-0.2, -0.15) is 0 Å². The maximum Gasteiger partial charge on any atom is 0.238 e. The van der Waals surface area contributed by atoms with Gasteiger partial charge in [0, 0.05) is 18.6 Å². The maximum atomic E-state index is 12.3. The van der Waals surface area contributed by atoms with Gasteiger partial charge in [-0.25, -0.2) is 8.42 Å². The standard InChI is InChI=1S/C17H18ClNO3S/c1-13-3-5-14(6-4-13)11-19(2)17(20)12-23(21,22)16-9-7-15(18)8-10-16/h3-10H,11-12H2,1-2H3. The molecular formula is C17H18ClNO3S. The predicted molar refractivity (Wildman–Crippen MR) is 91.2 cm³/mol. The summed E-state index contributed by atoms with van der Waals surface area (Å²) in [6.07, 6.45) is 0. The van der Waals surface area contributed by atoms with E-state index in [9.17, 15) is 13.2 Å². The Morgan fingerprint density at radius 1 is 1.04 bits per heavy atom. The van der Waals surface area contributed by atoms with E-state index in [0.717, 1.165) is 11.1 Å². The van der Waals surface area contributed by atoms with E-state index < -0.39 is 21.5 Å². The molecule has 2 aromatic carbocycles. The highest BCUT2D eigenvalue weighted by Gasteiger charge is 2.21. The minimum atomic E-state index is -3.67. The Morgan fingerprint density at radius 2 is 1.61 bits per heavy atom. The van der Waals surface area contributed by atoms with Crippen LogP contribution in [0, 0.1) is 6.92 Å². The van der Waals surface area contributed by atoms with Crippen LogP contribution in [0.1, 0.15) is 11.1 Å². The van der Waals surface area contributed by atoms with E-state index in [1.807, 2.05) is 31.2 Å². The Bertz CT molecular complexity index is 784. The summed E-state index contributed by atoms with van der Waals surface area (Å²) in [7, 11) is -2.07. The van der Waals surface area contributed by atoms with Gasteiger partial charge in [0.25, 0.3) is 0 Å². The normalized spacial score (nSPS) is 11.3. The molecule has 0 bridgehead atoms. The fourth-order valence-electron chi connectivity index (χ4n) is 2.05. The molecule has 0 atom stereocenters. The van der Waals surface area contributed by atoms with Crippen LogP contribution in [0.4, 0.5) is 0 Å². The number of hydrogen-bond donors (Lipinski definition) is 0. The molecule has 0 aliphatic rings. The minimum Gasteiger partial charge on any atom is -0.341 e. The lowest BCUT2D eigenvalue weighted by Crippen LogP contribution is -2.32. The Hall–Kier alpha value is -1.85. The third kappa shape index (κ3) is 4.81. The van der Waals surface area contributed by atoms with Crippen LogP contribution in [0.3, 0.4) is 0 Å². The fourth-order valence-corrected chi connectivity index (χ4v) is 3.44. The number of benzene rings is 2. The lowest BCUT2D eigenvalue weighted by molar-refractivity contribution is -0.127. The average molecular weight is 352 g/mol. The molecule has 0 spiro atoms. The van der Waals surface area contributed by atoms with Crippen LogP contribution >= 0.6 is 11.6 Å². The number of sulfone groups is 1. The van der Waals surface area contributed by atoms with E-state index >= 15 is 0 Å². The molecule has 2 aromatic rings. The molecule has 6 heteroatoms. The average Bonchev–Trinajstić information content (AvgIpc) is 2.49. The van der Waals surface area contributed by atoms with Crippen LogP contribution < -0.4 is 0 Å². The quantitative estimate of drug-likeness (QED) is 0.831. The molecule has 0 aromatic heterocycles. The van der Waals surface area contributed by atoms with Crippen LogP contribution in [0.25, 0.3) is 0 Å². The van der Waals surface area contributed by atoms with Crippen molar-refractivity contribution in [3.63, 3.8) is 0 Å². The van der Waals surface area contributed by atoms with Gasteiger partial charge in [-0.05, 0) is 36.8 Å². The summed E-state index contributed by atoms with van der Waals surface area (Å²) in [6.45, 7) is 2.35. The molecule has 0 fully saturated rings. The monoisotopic (exact) mass is 351 g/mol. The van der Waals surface area contributed by atoms with Crippen LogP contribution in [-0.2, 0) is 21.2 Å². The van der Waals surface area contributed by atoms with E-state index in [0.29, 0.717) is 11.6 Å². The first-order chi connectivity index (χ1) is 10.8. The van der Waals surface area contributed by atoms with Crippen molar-refractivity contribution in [1.82, 2.24) is 4.90 Å². The Labute approximate surface area is 141 Å². The van der Waals surface area contributed by atoms with Crippen molar-refractivity contribution >= 4 is 27.3 Å². The van der Waals surface area contributed by atoms with E-state index in [1.165, 1.54) is 29.2 Å². The molecule has 0 saturated heterocycles. The molecule has 23 heavy (non-hydrogen) atoms. The third-order valence-corrected chi connectivity index (χ3v) is 5.32. The van der Waals surface area contributed by atoms with E-state index in [2.05, 4.69) is 0 Å². The molecule has 0 aliphatic carbocycles. The largest absolute Gasteiger partial charge is 0.341 e. The Balaban J connectivity index is 2.05. The Kier molecular flexibility index (Phi) is 5.44. The summed E-state index contributed by atoms with van der Waals surface area (Å²) in [6, 6.07) is 13.6. The Morgan fingerprint density at radius 3 is 2.17 bits per heavy atom. The number of aryl methyl sites for hydroxylation is 1. The molecular weight excluding hydrogens is 334 g/mol. The zero-order valence-corrected chi connectivity index (χ0v) is 14.6. The molecule has 0 heterocycles. The van der Waals surface area contributed by atoms with E-state index in [-0.39, 0.29) is 4.90 Å².